The second-order valence-corrected chi connectivity index (χ2v) is 8.00. The first-order valence-corrected chi connectivity index (χ1v) is 10.7. The lowest BCUT2D eigenvalue weighted by Gasteiger charge is -2.15. The van der Waals surface area contributed by atoms with E-state index >= 15 is 0 Å². The molecule has 1 aliphatic rings. The molecular formula is C22H23N3O2S. The molecule has 1 aromatic heterocycles. The first-order chi connectivity index (χ1) is 13.7. The van der Waals surface area contributed by atoms with E-state index in [1.807, 2.05) is 60.4 Å². The average molecular weight is 394 g/mol. The number of hydrogen-bond acceptors (Lipinski definition) is 5. The van der Waals surface area contributed by atoms with Gasteiger partial charge in [0.2, 0.25) is 11.7 Å². The van der Waals surface area contributed by atoms with E-state index in [-0.39, 0.29) is 5.91 Å². The second kappa shape index (κ2) is 8.61. The monoisotopic (exact) mass is 393 g/mol. The van der Waals surface area contributed by atoms with Crippen molar-refractivity contribution in [2.24, 2.45) is 0 Å². The first kappa shape index (κ1) is 18.7. The fourth-order valence-corrected chi connectivity index (χ4v) is 4.17. The SMILES string of the molecule is Cc1ccccc1-c1noc(CSCc2ccc(C(=O)N3CCCC3)cc2)n1. The van der Waals surface area contributed by atoms with Gasteiger partial charge in [-0.15, -0.1) is 11.8 Å². The van der Waals surface area contributed by atoms with Gasteiger partial charge in [-0.05, 0) is 43.0 Å². The van der Waals surface area contributed by atoms with Gasteiger partial charge < -0.3 is 9.42 Å². The van der Waals surface area contributed by atoms with E-state index in [9.17, 15) is 4.79 Å². The number of amides is 1. The van der Waals surface area contributed by atoms with Crippen LogP contribution >= 0.6 is 11.8 Å². The molecule has 0 atom stereocenters. The number of thioether (sulfide) groups is 1. The summed E-state index contributed by atoms with van der Waals surface area (Å²) in [4.78, 5) is 18.8. The number of carbonyl (C=O) groups is 1. The number of carbonyl (C=O) groups excluding carboxylic acids is 1. The van der Waals surface area contributed by atoms with E-state index in [0.717, 1.165) is 48.4 Å². The molecule has 6 heteroatoms. The summed E-state index contributed by atoms with van der Waals surface area (Å²) >= 11 is 1.72. The van der Waals surface area contributed by atoms with Gasteiger partial charge in [0.1, 0.15) is 0 Å². The summed E-state index contributed by atoms with van der Waals surface area (Å²) < 4.78 is 5.39. The Morgan fingerprint density at radius 1 is 1.07 bits per heavy atom. The third-order valence-electron chi connectivity index (χ3n) is 4.94. The quantitative estimate of drug-likeness (QED) is 0.607. The Kier molecular flexibility index (Phi) is 5.76. The molecule has 1 fully saturated rings. The molecule has 4 rings (SSSR count). The Labute approximate surface area is 169 Å². The molecule has 0 aliphatic carbocycles. The molecule has 5 nitrogen and oxygen atoms in total. The average Bonchev–Trinajstić information content (AvgIpc) is 3.41. The van der Waals surface area contributed by atoms with E-state index in [1.54, 1.807) is 11.8 Å². The van der Waals surface area contributed by atoms with Crippen LogP contribution in [0, 0.1) is 6.92 Å². The summed E-state index contributed by atoms with van der Waals surface area (Å²) in [6.07, 6.45) is 2.23. The molecule has 0 spiro atoms. The standard InChI is InChI=1S/C22H23N3O2S/c1-16-6-2-3-7-19(16)21-23-20(27-24-21)15-28-14-17-8-10-18(11-9-17)22(26)25-12-4-5-13-25/h2-3,6-11H,4-5,12-15H2,1H3. The molecule has 144 valence electrons. The molecule has 1 amide bonds. The van der Waals surface area contributed by atoms with E-state index in [1.165, 1.54) is 5.56 Å². The number of nitrogens with zero attached hydrogens (tertiary/aromatic N) is 3. The van der Waals surface area contributed by atoms with Crippen molar-refractivity contribution >= 4 is 17.7 Å². The predicted molar refractivity (Wildman–Crippen MR) is 111 cm³/mol. The van der Waals surface area contributed by atoms with Crippen molar-refractivity contribution in [2.45, 2.75) is 31.3 Å². The fourth-order valence-electron chi connectivity index (χ4n) is 3.35. The third kappa shape index (κ3) is 4.28. The van der Waals surface area contributed by atoms with Crippen molar-refractivity contribution in [1.82, 2.24) is 15.0 Å². The van der Waals surface area contributed by atoms with Crippen LogP contribution < -0.4 is 0 Å². The minimum atomic E-state index is 0.145. The van der Waals surface area contributed by atoms with Gasteiger partial charge in [-0.3, -0.25) is 4.79 Å². The van der Waals surface area contributed by atoms with Crippen molar-refractivity contribution in [2.75, 3.05) is 13.1 Å². The third-order valence-corrected chi connectivity index (χ3v) is 5.93. The summed E-state index contributed by atoms with van der Waals surface area (Å²) in [7, 11) is 0. The molecule has 1 aliphatic heterocycles. The van der Waals surface area contributed by atoms with E-state index in [4.69, 9.17) is 4.52 Å². The van der Waals surface area contributed by atoms with Crippen LogP contribution in [0.15, 0.2) is 53.1 Å². The highest BCUT2D eigenvalue weighted by Gasteiger charge is 2.19. The van der Waals surface area contributed by atoms with Gasteiger partial charge >= 0.3 is 0 Å². The molecule has 0 radical (unpaired) electrons. The first-order valence-electron chi connectivity index (χ1n) is 9.55. The summed E-state index contributed by atoms with van der Waals surface area (Å²) in [6, 6.07) is 15.9. The minimum absolute atomic E-state index is 0.145. The fraction of sp³-hybridized carbons (Fsp3) is 0.318. The van der Waals surface area contributed by atoms with Crippen LogP contribution in [0.3, 0.4) is 0 Å². The number of hydrogen-bond donors (Lipinski definition) is 0. The van der Waals surface area contributed by atoms with Crippen molar-refractivity contribution < 1.29 is 9.32 Å². The minimum Gasteiger partial charge on any atom is -0.339 e. The Hall–Kier alpha value is -2.60. The van der Waals surface area contributed by atoms with Crippen molar-refractivity contribution in [3.05, 3.63) is 71.1 Å². The van der Waals surface area contributed by atoms with Gasteiger partial charge in [0.15, 0.2) is 0 Å². The summed E-state index contributed by atoms with van der Waals surface area (Å²) in [5.41, 5.74) is 4.09. The smallest absolute Gasteiger partial charge is 0.253 e. The molecule has 0 saturated carbocycles. The van der Waals surface area contributed by atoms with Gasteiger partial charge in [-0.1, -0.05) is 41.6 Å². The molecule has 0 bridgehead atoms. The van der Waals surface area contributed by atoms with Crippen LogP contribution in [0.25, 0.3) is 11.4 Å². The van der Waals surface area contributed by atoms with Crippen molar-refractivity contribution in [3.8, 4) is 11.4 Å². The summed E-state index contributed by atoms with van der Waals surface area (Å²) in [5.74, 6) is 2.90. The van der Waals surface area contributed by atoms with Gasteiger partial charge in [0.25, 0.3) is 5.91 Å². The Morgan fingerprint density at radius 3 is 2.57 bits per heavy atom. The molecular weight excluding hydrogens is 370 g/mol. The van der Waals surface area contributed by atoms with Crippen molar-refractivity contribution in [3.63, 3.8) is 0 Å². The van der Waals surface area contributed by atoms with Gasteiger partial charge in [-0.2, -0.15) is 4.98 Å². The van der Waals surface area contributed by atoms with Gasteiger partial charge in [-0.25, -0.2) is 0 Å². The second-order valence-electron chi connectivity index (χ2n) is 7.02. The molecule has 0 unspecified atom stereocenters. The highest BCUT2D eigenvalue weighted by Crippen LogP contribution is 2.23. The maximum absolute atomic E-state index is 12.4. The zero-order valence-electron chi connectivity index (χ0n) is 15.9. The largest absolute Gasteiger partial charge is 0.339 e. The van der Waals surface area contributed by atoms with Crippen molar-refractivity contribution in [1.29, 1.82) is 0 Å². The number of aromatic nitrogens is 2. The van der Waals surface area contributed by atoms with Crippen LogP contribution in [0.4, 0.5) is 0 Å². The molecule has 2 heterocycles. The summed E-state index contributed by atoms with van der Waals surface area (Å²) in [5, 5.41) is 4.10. The number of benzene rings is 2. The molecule has 28 heavy (non-hydrogen) atoms. The van der Waals surface area contributed by atoms with Gasteiger partial charge in [0, 0.05) is 30.0 Å². The Bertz CT molecular complexity index is 946. The van der Waals surface area contributed by atoms with Crippen LogP contribution in [0.2, 0.25) is 0 Å². The number of rotatable bonds is 6. The summed E-state index contributed by atoms with van der Waals surface area (Å²) in [6.45, 7) is 3.80. The van der Waals surface area contributed by atoms with E-state index in [0.29, 0.717) is 17.5 Å². The lowest BCUT2D eigenvalue weighted by Crippen LogP contribution is -2.27. The molecule has 3 aromatic rings. The predicted octanol–water partition coefficient (Wildman–Crippen LogP) is 4.71. The van der Waals surface area contributed by atoms with Gasteiger partial charge in [0.05, 0.1) is 5.75 Å². The highest BCUT2D eigenvalue weighted by atomic mass is 32.2. The van der Waals surface area contributed by atoms with Crippen LogP contribution in [-0.4, -0.2) is 34.0 Å². The number of likely N-dealkylation sites (tertiary alicyclic amines) is 1. The lowest BCUT2D eigenvalue weighted by atomic mass is 10.1. The number of aryl methyl sites for hydroxylation is 1. The zero-order valence-corrected chi connectivity index (χ0v) is 16.7. The maximum atomic E-state index is 12.4. The van der Waals surface area contributed by atoms with E-state index < -0.39 is 0 Å². The highest BCUT2D eigenvalue weighted by molar-refractivity contribution is 7.97. The molecule has 0 N–H and O–H groups in total. The Morgan fingerprint density at radius 2 is 1.82 bits per heavy atom. The van der Waals surface area contributed by atoms with Crippen LogP contribution in [0.5, 0.6) is 0 Å². The maximum Gasteiger partial charge on any atom is 0.253 e. The Balaban J connectivity index is 1.31. The molecule has 1 saturated heterocycles. The van der Waals surface area contributed by atoms with Crippen LogP contribution in [0.1, 0.15) is 40.2 Å². The zero-order chi connectivity index (χ0) is 19.3. The topological polar surface area (TPSA) is 59.2 Å². The lowest BCUT2D eigenvalue weighted by molar-refractivity contribution is 0.0793. The van der Waals surface area contributed by atoms with Crippen LogP contribution in [-0.2, 0) is 11.5 Å². The normalized spacial score (nSPS) is 13.8. The molecule has 2 aromatic carbocycles. The van der Waals surface area contributed by atoms with E-state index in [2.05, 4.69) is 10.1 Å².